The van der Waals surface area contributed by atoms with Crippen LogP contribution in [0.25, 0.3) is 10.8 Å². The number of carbonyl (C=O) groups is 2. The van der Waals surface area contributed by atoms with Crippen molar-refractivity contribution in [2.24, 2.45) is 5.92 Å². The number of hydrogen-bond donors (Lipinski definition) is 2. The predicted octanol–water partition coefficient (Wildman–Crippen LogP) is 9.02. The molecule has 226 valence electrons. The van der Waals surface area contributed by atoms with Crippen LogP contribution in [0.4, 0.5) is 5.69 Å². The molecular weight excluding hydrogens is 560 g/mol. The Morgan fingerprint density at radius 2 is 1.77 bits per heavy atom. The van der Waals surface area contributed by atoms with Gasteiger partial charge in [0.2, 0.25) is 0 Å². The average Bonchev–Trinajstić information content (AvgIpc) is 3.20. The third kappa shape index (κ3) is 7.22. The minimum absolute atomic E-state index is 0.226. The van der Waals surface area contributed by atoms with Crippen LogP contribution in [0, 0.1) is 17.2 Å². The maximum absolute atomic E-state index is 11.5. The van der Waals surface area contributed by atoms with Crippen molar-refractivity contribution >= 4 is 40.0 Å². The Kier molecular flexibility index (Phi) is 10.5. The molecule has 2 N–H and O–H groups in total. The topological polar surface area (TPSA) is 102 Å². The summed E-state index contributed by atoms with van der Waals surface area (Å²) in [5, 5.41) is 30.6. The van der Waals surface area contributed by atoms with E-state index >= 15 is 0 Å². The van der Waals surface area contributed by atoms with Gasteiger partial charge in [0, 0.05) is 34.8 Å². The second kappa shape index (κ2) is 14.1. The summed E-state index contributed by atoms with van der Waals surface area (Å²) in [4.78, 5) is 24.8. The predicted molar refractivity (Wildman–Crippen MR) is 173 cm³/mol. The molecule has 0 saturated carbocycles. The quantitative estimate of drug-likeness (QED) is 0.143. The second-order valence-electron chi connectivity index (χ2n) is 12.1. The third-order valence-corrected chi connectivity index (χ3v) is 9.28. The van der Waals surface area contributed by atoms with Crippen LogP contribution in [0.1, 0.15) is 84.1 Å². The molecule has 1 aliphatic heterocycles. The molecule has 0 radical (unpaired) electrons. The Hall–Kier alpha value is -3.82. The average molecular weight is 601 g/mol. The van der Waals surface area contributed by atoms with Gasteiger partial charge in [-0.2, -0.15) is 5.26 Å². The van der Waals surface area contributed by atoms with E-state index in [4.69, 9.17) is 16.7 Å². The molecule has 0 amide bonds. The van der Waals surface area contributed by atoms with Gasteiger partial charge in [0.25, 0.3) is 0 Å². The number of allylic oxidation sites excluding steroid dienone is 7. The van der Waals surface area contributed by atoms with Crippen molar-refractivity contribution in [2.75, 3.05) is 11.4 Å². The maximum atomic E-state index is 11.5. The molecule has 2 aromatic carbocycles. The van der Waals surface area contributed by atoms with Crippen molar-refractivity contribution < 1.29 is 19.8 Å². The molecule has 0 spiro atoms. The molecule has 0 aromatic heterocycles. The highest BCUT2D eigenvalue weighted by Crippen LogP contribution is 2.51. The monoisotopic (exact) mass is 600 g/mol. The molecule has 7 heteroatoms. The van der Waals surface area contributed by atoms with E-state index in [0.29, 0.717) is 29.4 Å². The summed E-state index contributed by atoms with van der Waals surface area (Å²) >= 11 is 6.89. The number of aliphatic carboxylic acids is 2. The van der Waals surface area contributed by atoms with Crippen LogP contribution in [0.5, 0.6) is 0 Å². The molecule has 43 heavy (non-hydrogen) atoms. The highest BCUT2D eigenvalue weighted by atomic mass is 35.5. The Morgan fingerprint density at radius 1 is 1.05 bits per heavy atom. The minimum atomic E-state index is -1.25. The van der Waals surface area contributed by atoms with Gasteiger partial charge in [0.1, 0.15) is 11.6 Å². The van der Waals surface area contributed by atoms with E-state index in [-0.39, 0.29) is 17.4 Å². The van der Waals surface area contributed by atoms with Crippen molar-refractivity contribution in [1.82, 2.24) is 0 Å². The van der Waals surface area contributed by atoms with Crippen molar-refractivity contribution in [3.05, 3.63) is 87.6 Å². The number of nitrogens with zero attached hydrogens (tertiary/aromatic N) is 2. The van der Waals surface area contributed by atoms with Crippen molar-refractivity contribution in [3.8, 4) is 6.07 Å². The van der Waals surface area contributed by atoms with Gasteiger partial charge in [-0.15, -0.1) is 0 Å². The van der Waals surface area contributed by atoms with Crippen molar-refractivity contribution in [3.63, 3.8) is 0 Å². The fourth-order valence-electron chi connectivity index (χ4n) is 6.48. The molecule has 0 fully saturated rings. The van der Waals surface area contributed by atoms with Gasteiger partial charge < -0.3 is 15.1 Å². The van der Waals surface area contributed by atoms with Gasteiger partial charge in [0.15, 0.2) is 0 Å². The van der Waals surface area contributed by atoms with E-state index in [1.807, 2.05) is 0 Å². The molecule has 1 aliphatic carbocycles. The summed E-state index contributed by atoms with van der Waals surface area (Å²) < 4.78 is 0. The van der Waals surface area contributed by atoms with Gasteiger partial charge in [0.05, 0.1) is 0 Å². The number of nitriles is 1. The largest absolute Gasteiger partial charge is 0.481 e. The molecule has 1 heterocycles. The van der Waals surface area contributed by atoms with Gasteiger partial charge in [-0.1, -0.05) is 94.5 Å². The van der Waals surface area contributed by atoms with E-state index in [1.54, 1.807) is 6.07 Å². The fraction of sp³-hybridized carbons (Fsp3) is 0.417. The fourth-order valence-corrected chi connectivity index (χ4v) is 6.75. The number of carboxylic acid groups (broad SMARTS) is 2. The lowest BCUT2D eigenvalue weighted by Crippen LogP contribution is -2.27. The molecule has 6 nitrogen and oxygen atoms in total. The summed E-state index contributed by atoms with van der Waals surface area (Å²) in [6, 6.07) is 14.7. The minimum Gasteiger partial charge on any atom is -0.481 e. The van der Waals surface area contributed by atoms with Crippen LogP contribution in [-0.4, -0.2) is 28.7 Å². The zero-order valence-electron chi connectivity index (χ0n) is 25.3. The van der Waals surface area contributed by atoms with E-state index in [2.05, 4.69) is 74.2 Å². The first-order chi connectivity index (χ1) is 20.6. The first-order valence-corrected chi connectivity index (χ1v) is 15.6. The number of halogens is 1. The Bertz CT molecular complexity index is 1560. The van der Waals surface area contributed by atoms with E-state index in [0.717, 1.165) is 50.6 Å². The van der Waals surface area contributed by atoms with Crippen LogP contribution < -0.4 is 4.90 Å². The standard InChI is InChI=1S/C36H41ClN2O4/c1-4-24-20-26(34(37)27(21-24)22-28(23-38)35(42)43)16-18-31-36(2,3)33-29-13-10-9-12-25(29)15-17-30(33)39(31)19-11-7-5-6-8-14-32(40)41/h9-10,12-13,15-18,22,24H,4-8,11,14,19-21H2,1-3H3,(H,40,41)(H,42,43)/b26-16+,28-22+,31-18+. The van der Waals surface area contributed by atoms with Crippen LogP contribution in [0.3, 0.4) is 0 Å². The third-order valence-electron chi connectivity index (χ3n) is 8.80. The van der Waals surface area contributed by atoms with Crippen LogP contribution in [0.15, 0.2) is 82.1 Å². The molecule has 1 atom stereocenters. The number of benzene rings is 2. The maximum Gasteiger partial charge on any atom is 0.346 e. The lowest BCUT2D eigenvalue weighted by atomic mass is 9.80. The number of unbranched alkanes of at least 4 members (excludes halogenated alkanes) is 4. The number of anilines is 1. The summed E-state index contributed by atoms with van der Waals surface area (Å²) in [7, 11) is 0. The lowest BCUT2D eigenvalue weighted by molar-refractivity contribution is -0.137. The smallest absolute Gasteiger partial charge is 0.346 e. The highest BCUT2D eigenvalue weighted by Gasteiger charge is 2.41. The lowest BCUT2D eigenvalue weighted by Gasteiger charge is -2.28. The van der Waals surface area contributed by atoms with Gasteiger partial charge >= 0.3 is 11.9 Å². The Morgan fingerprint density at radius 3 is 2.47 bits per heavy atom. The normalized spacial score (nSPS) is 20.1. The first-order valence-electron chi connectivity index (χ1n) is 15.3. The zero-order valence-corrected chi connectivity index (χ0v) is 26.1. The molecule has 4 rings (SSSR count). The van der Waals surface area contributed by atoms with Crippen LogP contribution >= 0.6 is 11.6 Å². The van der Waals surface area contributed by atoms with E-state index in [9.17, 15) is 20.0 Å². The highest BCUT2D eigenvalue weighted by molar-refractivity contribution is 6.32. The summed E-state index contributed by atoms with van der Waals surface area (Å²) in [6.45, 7) is 7.50. The zero-order chi connectivity index (χ0) is 31.1. The van der Waals surface area contributed by atoms with Gasteiger partial charge in [-0.05, 0) is 77.3 Å². The Balaban J connectivity index is 1.71. The molecule has 0 saturated heterocycles. The van der Waals surface area contributed by atoms with Gasteiger partial charge in [-0.3, -0.25) is 4.79 Å². The van der Waals surface area contributed by atoms with Crippen molar-refractivity contribution in [2.45, 2.75) is 84.0 Å². The summed E-state index contributed by atoms with van der Waals surface area (Å²) in [5.41, 5.74) is 4.76. The summed E-state index contributed by atoms with van der Waals surface area (Å²) in [5.74, 6) is -1.68. The van der Waals surface area contributed by atoms with Crippen LogP contribution in [0.2, 0.25) is 0 Å². The molecule has 2 aliphatic rings. The van der Waals surface area contributed by atoms with Crippen LogP contribution in [-0.2, 0) is 15.0 Å². The Labute approximate surface area is 259 Å². The number of fused-ring (bicyclic) bond motifs is 3. The van der Waals surface area contributed by atoms with Gasteiger partial charge in [-0.25, -0.2) is 4.79 Å². The number of hydrogen-bond acceptors (Lipinski definition) is 4. The van der Waals surface area contributed by atoms with Crippen molar-refractivity contribution in [1.29, 1.82) is 5.26 Å². The molecule has 1 unspecified atom stereocenters. The first kappa shape index (κ1) is 32.1. The molecular formula is C36H41ClN2O4. The van der Waals surface area contributed by atoms with E-state index < -0.39 is 11.9 Å². The second-order valence-corrected chi connectivity index (χ2v) is 12.5. The summed E-state index contributed by atoms with van der Waals surface area (Å²) in [6.07, 6.45) is 12.9. The SMILES string of the molecule is CCC1CC(/C=C(\C#N)C(=O)O)=C(Cl)C(=C/C=C2/N(CCCCCCCC(=O)O)c3ccc4ccccc4c3C2(C)C)/C1. The van der Waals surface area contributed by atoms with E-state index in [1.165, 1.54) is 33.8 Å². The molecule has 2 aromatic rings. The number of rotatable bonds is 12. The molecule has 0 bridgehead atoms. The number of carboxylic acids is 2.